The molecule has 1 aliphatic heterocycles. The molecule has 8 heteroatoms. The zero-order valence-corrected chi connectivity index (χ0v) is 18.3. The van der Waals surface area contributed by atoms with E-state index < -0.39 is 0 Å². The molecule has 0 bridgehead atoms. The largest absolute Gasteiger partial charge is 0.379 e. The second-order valence-corrected chi connectivity index (χ2v) is 8.34. The molecule has 1 aliphatic carbocycles. The van der Waals surface area contributed by atoms with Crippen molar-refractivity contribution in [3.05, 3.63) is 11.6 Å². The minimum Gasteiger partial charge on any atom is -0.379 e. The molecule has 164 valence electrons. The predicted octanol–water partition coefficient (Wildman–Crippen LogP) is 1.85. The van der Waals surface area contributed by atoms with Gasteiger partial charge in [-0.25, -0.2) is 4.99 Å². The lowest BCUT2D eigenvalue weighted by molar-refractivity contribution is 0.0389. The molecule has 0 spiro atoms. The van der Waals surface area contributed by atoms with Gasteiger partial charge < -0.3 is 19.9 Å². The fourth-order valence-corrected chi connectivity index (χ4v) is 4.14. The van der Waals surface area contributed by atoms with Crippen LogP contribution in [0.15, 0.2) is 4.99 Å². The summed E-state index contributed by atoms with van der Waals surface area (Å²) in [6.07, 6.45) is 9.65. The third-order valence-electron chi connectivity index (χ3n) is 6.19. The average molecular weight is 406 g/mol. The lowest BCUT2D eigenvalue weighted by Crippen LogP contribution is -2.44. The number of hydrogen-bond donors (Lipinski definition) is 2. The van der Waals surface area contributed by atoms with Crippen molar-refractivity contribution >= 4 is 5.96 Å². The van der Waals surface area contributed by atoms with Gasteiger partial charge in [-0.2, -0.15) is 0 Å². The van der Waals surface area contributed by atoms with E-state index in [2.05, 4.69) is 25.7 Å². The Hall–Kier alpha value is -1.67. The first-order chi connectivity index (χ1) is 14.2. The summed E-state index contributed by atoms with van der Waals surface area (Å²) >= 11 is 0. The van der Waals surface area contributed by atoms with Crippen molar-refractivity contribution in [1.82, 2.24) is 30.3 Å². The molecule has 29 heavy (non-hydrogen) atoms. The summed E-state index contributed by atoms with van der Waals surface area (Å²) in [7, 11) is 1.99. The molecular formula is C21H39N7O. The lowest BCUT2D eigenvalue weighted by atomic mass is 9.86. The summed E-state index contributed by atoms with van der Waals surface area (Å²) < 4.78 is 7.43. The minimum absolute atomic E-state index is 0.535. The number of nitrogens with one attached hydrogen (secondary N) is 2. The molecule has 1 aromatic rings. The Bertz CT molecular complexity index is 619. The fourth-order valence-electron chi connectivity index (χ4n) is 4.14. The van der Waals surface area contributed by atoms with E-state index in [4.69, 9.17) is 9.73 Å². The number of aromatic nitrogens is 3. The number of aryl methyl sites for hydroxylation is 1. The van der Waals surface area contributed by atoms with Crippen LogP contribution in [-0.2, 0) is 18.3 Å². The quantitative estimate of drug-likeness (QED) is 0.371. The molecule has 3 rings (SSSR count). The van der Waals surface area contributed by atoms with E-state index in [1.807, 2.05) is 18.5 Å². The first kappa shape index (κ1) is 22.0. The molecule has 2 aliphatic rings. The minimum atomic E-state index is 0.535. The number of nitrogens with zero attached hydrogens (tertiary/aromatic N) is 5. The molecule has 0 aromatic carbocycles. The molecule has 1 saturated heterocycles. The van der Waals surface area contributed by atoms with Crippen LogP contribution in [0.1, 0.15) is 56.6 Å². The van der Waals surface area contributed by atoms with Gasteiger partial charge in [0.15, 0.2) is 11.8 Å². The molecule has 0 amide bonds. The highest BCUT2D eigenvalue weighted by Gasteiger charge is 2.13. The van der Waals surface area contributed by atoms with E-state index in [1.165, 1.54) is 44.9 Å². The molecule has 8 nitrogen and oxygen atoms in total. The van der Waals surface area contributed by atoms with Crippen LogP contribution in [0.2, 0.25) is 0 Å². The number of guanidine groups is 1. The second-order valence-electron chi connectivity index (χ2n) is 8.34. The molecule has 2 fully saturated rings. The standard InChI is InChI=1S/C21H39N7O/c1-18-25-26-20(27(18)2)17-24-21(23-11-12-28-13-15-29-16-14-28)22-10-6-9-19-7-4-3-5-8-19/h19H,3-17H2,1-2H3,(H2,22,23,24). The van der Waals surface area contributed by atoms with Gasteiger partial charge in [-0.3, -0.25) is 4.90 Å². The Morgan fingerprint density at radius 3 is 2.59 bits per heavy atom. The summed E-state index contributed by atoms with van der Waals surface area (Å²) in [6, 6.07) is 0. The molecule has 0 atom stereocenters. The highest BCUT2D eigenvalue weighted by molar-refractivity contribution is 5.79. The van der Waals surface area contributed by atoms with Gasteiger partial charge in [0.25, 0.3) is 0 Å². The van der Waals surface area contributed by atoms with Gasteiger partial charge >= 0.3 is 0 Å². The van der Waals surface area contributed by atoms with Crippen molar-refractivity contribution in [2.24, 2.45) is 18.0 Å². The fraction of sp³-hybridized carbons (Fsp3) is 0.857. The number of aliphatic imine (C=N–C) groups is 1. The monoisotopic (exact) mass is 405 g/mol. The SMILES string of the molecule is Cc1nnc(CN=C(NCCCC2CCCCC2)NCCN2CCOCC2)n1C. The van der Waals surface area contributed by atoms with Crippen molar-refractivity contribution in [1.29, 1.82) is 0 Å². The molecule has 0 unspecified atom stereocenters. The normalized spacial score (nSPS) is 19.4. The van der Waals surface area contributed by atoms with Gasteiger partial charge in [-0.1, -0.05) is 32.1 Å². The first-order valence-corrected chi connectivity index (χ1v) is 11.4. The van der Waals surface area contributed by atoms with Crippen LogP contribution in [0.5, 0.6) is 0 Å². The van der Waals surface area contributed by atoms with Crippen molar-refractivity contribution in [2.75, 3.05) is 45.9 Å². The van der Waals surface area contributed by atoms with Crippen LogP contribution in [-0.4, -0.2) is 71.6 Å². The van der Waals surface area contributed by atoms with Gasteiger partial charge in [0.1, 0.15) is 12.4 Å². The van der Waals surface area contributed by atoms with E-state index in [-0.39, 0.29) is 0 Å². The molecule has 2 N–H and O–H groups in total. The summed E-state index contributed by atoms with van der Waals surface area (Å²) in [5, 5.41) is 15.4. The number of rotatable bonds is 9. The molecule has 1 aromatic heterocycles. The van der Waals surface area contributed by atoms with Crippen LogP contribution in [0.4, 0.5) is 0 Å². The van der Waals surface area contributed by atoms with E-state index in [0.29, 0.717) is 6.54 Å². The van der Waals surface area contributed by atoms with Gasteiger partial charge in [0.05, 0.1) is 13.2 Å². The topological polar surface area (TPSA) is 79.6 Å². The van der Waals surface area contributed by atoms with E-state index >= 15 is 0 Å². The van der Waals surface area contributed by atoms with Crippen LogP contribution in [0.25, 0.3) is 0 Å². The highest BCUT2D eigenvalue weighted by atomic mass is 16.5. The lowest BCUT2D eigenvalue weighted by Gasteiger charge is -2.26. The zero-order valence-electron chi connectivity index (χ0n) is 18.3. The van der Waals surface area contributed by atoms with Gasteiger partial charge in [-0.05, 0) is 25.7 Å². The van der Waals surface area contributed by atoms with Gasteiger partial charge in [-0.15, -0.1) is 10.2 Å². The average Bonchev–Trinajstić information content (AvgIpc) is 3.08. The Labute approximate surface area is 175 Å². The first-order valence-electron chi connectivity index (χ1n) is 11.4. The summed E-state index contributed by atoms with van der Waals surface area (Å²) in [4.78, 5) is 7.20. The summed E-state index contributed by atoms with van der Waals surface area (Å²) in [5.41, 5.74) is 0. The smallest absolute Gasteiger partial charge is 0.191 e. The van der Waals surface area contributed by atoms with E-state index in [0.717, 1.165) is 69.5 Å². The van der Waals surface area contributed by atoms with Crippen LogP contribution >= 0.6 is 0 Å². The molecule has 2 heterocycles. The number of hydrogen-bond acceptors (Lipinski definition) is 5. The Morgan fingerprint density at radius 1 is 1.10 bits per heavy atom. The zero-order chi connectivity index (χ0) is 20.3. The summed E-state index contributed by atoms with van der Waals surface area (Å²) in [5.74, 6) is 3.61. The van der Waals surface area contributed by atoms with Crippen molar-refractivity contribution in [3.63, 3.8) is 0 Å². The third-order valence-corrected chi connectivity index (χ3v) is 6.19. The molecule has 1 saturated carbocycles. The van der Waals surface area contributed by atoms with Gasteiger partial charge in [0, 0.05) is 39.8 Å². The Kier molecular flexibility index (Phi) is 9.21. The van der Waals surface area contributed by atoms with Crippen LogP contribution in [0.3, 0.4) is 0 Å². The maximum absolute atomic E-state index is 5.43. The third kappa shape index (κ3) is 7.59. The molecular weight excluding hydrogens is 366 g/mol. The van der Waals surface area contributed by atoms with Crippen molar-refractivity contribution in [3.8, 4) is 0 Å². The van der Waals surface area contributed by atoms with Crippen LogP contribution in [0, 0.1) is 12.8 Å². The van der Waals surface area contributed by atoms with Crippen molar-refractivity contribution < 1.29 is 4.74 Å². The van der Waals surface area contributed by atoms with Gasteiger partial charge in [0.2, 0.25) is 0 Å². The maximum atomic E-state index is 5.43. The second kappa shape index (κ2) is 12.1. The number of ether oxygens (including phenoxy) is 1. The van der Waals surface area contributed by atoms with E-state index in [1.54, 1.807) is 0 Å². The highest BCUT2D eigenvalue weighted by Crippen LogP contribution is 2.26. The predicted molar refractivity (Wildman–Crippen MR) is 116 cm³/mol. The van der Waals surface area contributed by atoms with E-state index in [9.17, 15) is 0 Å². The Morgan fingerprint density at radius 2 is 1.86 bits per heavy atom. The maximum Gasteiger partial charge on any atom is 0.191 e. The Balaban J connectivity index is 1.44. The number of morpholine rings is 1. The summed E-state index contributed by atoms with van der Waals surface area (Å²) in [6.45, 7) is 9.07. The molecule has 0 radical (unpaired) electrons. The van der Waals surface area contributed by atoms with Crippen LogP contribution < -0.4 is 10.6 Å². The van der Waals surface area contributed by atoms with Crippen molar-refractivity contribution in [2.45, 2.75) is 58.4 Å².